The Bertz CT molecular complexity index is 919. The molecule has 28 heavy (non-hydrogen) atoms. The molecule has 3 aromatic carbocycles. The van der Waals surface area contributed by atoms with Crippen LogP contribution in [0.15, 0.2) is 91.0 Å². The van der Waals surface area contributed by atoms with Crippen LogP contribution in [0.2, 0.25) is 0 Å². The van der Waals surface area contributed by atoms with Crippen molar-refractivity contribution in [2.45, 2.75) is 12.6 Å². The quantitative estimate of drug-likeness (QED) is 0.357. The molecular weight excluding hydrogens is 350 g/mol. The molecule has 3 rings (SSSR count). The predicted octanol–water partition coefficient (Wildman–Crippen LogP) is 4.73. The van der Waals surface area contributed by atoms with E-state index < -0.39 is 12.2 Å². The lowest BCUT2D eigenvalue weighted by molar-refractivity contribution is -0.134. The van der Waals surface area contributed by atoms with Crippen LogP contribution in [0.1, 0.15) is 12.0 Å². The topological polar surface area (TPSA) is 58.6 Å². The predicted molar refractivity (Wildman–Crippen MR) is 113 cm³/mol. The van der Waals surface area contributed by atoms with E-state index in [0.29, 0.717) is 5.57 Å². The SMILES string of the molecule is COC(=O)/C=C(\CC(O)Nc1ccc(-c2ccccc2)cc1)c1ccccc1. The lowest BCUT2D eigenvalue weighted by Crippen LogP contribution is -2.19. The Labute approximate surface area is 165 Å². The molecule has 0 aromatic heterocycles. The molecule has 0 heterocycles. The van der Waals surface area contributed by atoms with Gasteiger partial charge in [0.05, 0.1) is 7.11 Å². The highest BCUT2D eigenvalue weighted by Gasteiger charge is 2.12. The first-order chi connectivity index (χ1) is 13.7. The van der Waals surface area contributed by atoms with Crippen LogP contribution in [-0.4, -0.2) is 24.4 Å². The minimum absolute atomic E-state index is 0.263. The summed E-state index contributed by atoms with van der Waals surface area (Å²) in [6, 6.07) is 27.5. The molecule has 0 aliphatic carbocycles. The summed E-state index contributed by atoms with van der Waals surface area (Å²) in [7, 11) is 1.34. The molecule has 1 unspecified atom stereocenters. The van der Waals surface area contributed by atoms with E-state index in [1.54, 1.807) is 0 Å². The maximum absolute atomic E-state index is 11.7. The maximum atomic E-state index is 11.7. The van der Waals surface area contributed by atoms with Crippen molar-refractivity contribution in [1.82, 2.24) is 0 Å². The molecule has 0 spiro atoms. The number of hydrogen-bond donors (Lipinski definition) is 2. The van der Waals surface area contributed by atoms with Crippen LogP contribution in [0.3, 0.4) is 0 Å². The molecule has 3 aromatic rings. The van der Waals surface area contributed by atoms with Gasteiger partial charge in [-0.3, -0.25) is 0 Å². The van der Waals surface area contributed by atoms with Gasteiger partial charge in [0.1, 0.15) is 6.23 Å². The van der Waals surface area contributed by atoms with Crippen molar-refractivity contribution in [3.05, 3.63) is 96.6 Å². The van der Waals surface area contributed by atoms with Gasteiger partial charge >= 0.3 is 5.97 Å². The van der Waals surface area contributed by atoms with Gasteiger partial charge in [0.2, 0.25) is 0 Å². The zero-order chi connectivity index (χ0) is 19.8. The summed E-state index contributed by atoms with van der Waals surface area (Å²) in [6.07, 6.45) is 0.830. The average molecular weight is 373 g/mol. The van der Waals surface area contributed by atoms with Crippen molar-refractivity contribution in [1.29, 1.82) is 0 Å². The first-order valence-electron chi connectivity index (χ1n) is 9.10. The third kappa shape index (κ3) is 5.32. The number of esters is 1. The summed E-state index contributed by atoms with van der Waals surface area (Å²) in [5, 5.41) is 13.6. The van der Waals surface area contributed by atoms with Crippen molar-refractivity contribution < 1.29 is 14.6 Å². The molecule has 4 heteroatoms. The molecule has 0 saturated heterocycles. The lowest BCUT2D eigenvalue weighted by atomic mass is 10.0. The second-order valence-corrected chi connectivity index (χ2v) is 6.37. The zero-order valence-corrected chi connectivity index (χ0v) is 15.7. The molecule has 0 saturated carbocycles. The molecule has 0 bridgehead atoms. The number of carbonyl (C=O) groups is 1. The molecule has 1 atom stereocenters. The minimum Gasteiger partial charge on any atom is -0.466 e. The van der Waals surface area contributed by atoms with Gasteiger partial charge in [0, 0.05) is 18.2 Å². The normalized spacial score (nSPS) is 12.3. The average Bonchev–Trinajstić information content (AvgIpc) is 2.75. The fourth-order valence-corrected chi connectivity index (χ4v) is 2.95. The summed E-state index contributed by atoms with van der Waals surface area (Å²) in [4.78, 5) is 11.7. The number of nitrogens with one attached hydrogen (secondary N) is 1. The van der Waals surface area contributed by atoms with Gasteiger partial charge in [-0.1, -0.05) is 72.8 Å². The maximum Gasteiger partial charge on any atom is 0.330 e. The molecule has 2 N–H and O–H groups in total. The first kappa shape index (κ1) is 19.4. The molecule has 142 valence electrons. The van der Waals surface area contributed by atoms with Crippen molar-refractivity contribution in [3.63, 3.8) is 0 Å². The minimum atomic E-state index is -0.848. The summed E-state index contributed by atoms with van der Waals surface area (Å²) in [6.45, 7) is 0. The molecule has 0 aliphatic rings. The van der Waals surface area contributed by atoms with Crippen LogP contribution in [0.5, 0.6) is 0 Å². The highest BCUT2D eigenvalue weighted by Crippen LogP contribution is 2.24. The van der Waals surface area contributed by atoms with Gasteiger partial charge in [-0.05, 0) is 34.4 Å². The van der Waals surface area contributed by atoms with E-state index in [9.17, 15) is 9.90 Å². The molecular formula is C24H23NO3. The van der Waals surface area contributed by atoms with Gasteiger partial charge in [-0.15, -0.1) is 0 Å². The van der Waals surface area contributed by atoms with Crippen molar-refractivity contribution in [2.75, 3.05) is 12.4 Å². The van der Waals surface area contributed by atoms with E-state index in [0.717, 1.165) is 22.4 Å². The Morgan fingerprint density at radius 3 is 2.11 bits per heavy atom. The van der Waals surface area contributed by atoms with Crippen molar-refractivity contribution in [2.24, 2.45) is 0 Å². The second kappa shape index (κ2) is 9.53. The van der Waals surface area contributed by atoms with Crippen LogP contribution in [0.25, 0.3) is 16.7 Å². The highest BCUT2D eigenvalue weighted by molar-refractivity contribution is 5.91. The smallest absolute Gasteiger partial charge is 0.330 e. The lowest BCUT2D eigenvalue weighted by Gasteiger charge is -2.17. The monoisotopic (exact) mass is 373 g/mol. The van der Waals surface area contributed by atoms with E-state index in [-0.39, 0.29) is 6.42 Å². The highest BCUT2D eigenvalue weighted by atomic mass is 16.5. The number of anilines is 1. The van der Waals surface area contributed by atoms with Gasteiger partial charge in [-0.2, -0.15) is 0 Å². The number of ether oxygens (including phenoxy) is 1. The number of methoxy groups -OCH3 is 1. The zero-order valence-electron chi connectivity index (χ0n) is 15.7. The van der Waals surface area contributed by atoms with Gasteiger partial charge in [0.25, 0.3) is 0 Å². The van der Waals surface area contributed by atoms with Crippen LogP contribution in [-0.2, 0) is 9.53 Å². The van der Waals surface area contributed by atoms with Crippen molar-refractivity contribution in [3.8, 4) is 11.1 Å². The van der Waals surface area contributed by atoms with Gasteiger partial charge in [-0.25, -0.2) is 4.79 Å². The van der Waals surface area contributed by atoms with E-state index in [1.807, 2.05) is 72.8 Å². The fourth-order valence-electron chi connectivity index (χ4n) is 2.95. The largest absolute Gasteiger partial charge is 0.466 e. The van der Waals surface area contributed by atoms with Crippen LogP contribution in [0.4, 0.5) is 5.69 Å². The number of rotatable bonds is 7. The summed E-state index contributed by atoms with van der Waals surface area (Å²) in [5.74, 6) is -0.446. The standard InChI is InChI=1S/C24H23NO3/c1-28-24(27)17-21(19-10-6-3-7-11-19)16-23(26)25-22-14-12-20(13-15-22)18-8-4-2-5-9-18/h2-15,17,23,25-26H,16H2,1H3/b21-17+. The molecule has 0 amide bonds. The third-order valence-electron chi connectivity index (χ3n) is 4.38. The Morgan fingerprint density at radius 2 is 1.50 bits per heavy atom. The molecule has 0 aliphatic heterocycles. The summed E-state index contributed by atoms with van der Waals surface area (Å²) < 4.78 is 4.74. The number of benzene rings is 3. The summed E-state index contributed by atoms with van der Waals surface area (Å²) in [5.41, 5.74) is 4.62. The molecule has 4 nitrogen and oxygen atoms in total. The van der Waals surface area contributed by atoms with Crippen LogP contribution < -0.4 is 5.32 Å². The Hall–Kier alpha value is -3.37. The Balaban J connectivity index is 1.70. The number of carbonyl (C=O) groups excluding carboxylic acids is 1. The third-order valence-corrected chi connectivity index (χ3v) is 4.38. The van der Waals surface area contributed by atoms with E-state index in [2.05, 4.69) is 17.4 Å². The van der Waals surface area contributed by atoms with Crippen molar-refractivity contribution >= 4 is 17.2 Å². The number of hydrogen-bond acceptors (Lipinski definition) is 4. The van der Waals surface area contributed by atoms with E-state index in [4.69, 9.17) is 4.74 Å². The van der Waals surface area contributed by atoms with Crippen LogP contribution in [0, 0.1) is 0 Å². The summed E-state index contributed by atoms with van der Waals surface area (Å²) >= 11 is 0. The van der Waals surface area contributed by atoms with Gasteiger partial charge in [0.15, 0.2) is 0 Å². The van der Waals surface area contributed by atoms with Gasteiger partial charge < -0.3 is 15.2 Å². The van der Waals surface area contributed by atoms with Crippen LogP contribution >= 0.6 is 0 Å². The molecule has 0 radical (unpaired) electrons. The fraction of sp³-hybridized carbons (Fsp3) is 0.125. The Morgan fingerprint density at radius 1 is 0.929 bits per heavy atom. The molecule has 0 fully saturated rings. The van der Waals surface area contributed by atoms with E-state index >= 15 is 0 Å². The number of aliphatic hydroxyl groups is 1. The number of aliphatic hydroxyl groups excluding tert-OH is 1. The first-order valence-corrected chi connectivity index (χ1v) is 9.10. The second-order valence-electron chi connectivity index (χ2n) is 6.37. The van der Waals surface area contributed by atoms with E-state index in [1.165, 1.54) is 13.2 Å². The Kier molecular flexibility index (Phi) is 6.60.